The quantitative estimate of drug-likeness (QED) is 0.688. The number of benzene rings is 3. The highest BCUT2D eigenvalue weighted by molar-refractivity contribution is 5.95. The van der Waals surface area contributed by atoms with E-state index < -0.39 is 0 Å². The number of rotatable bonds is 6. The van der Waals surface area contributed by atoms with Crippen molar-refractivity contribution in [3.05, 3.63) is 107 Å². The van der Waals surface area contributed by atoms with Gasteiger partial charge in [-0.3, -0.25) is 9.59 Å². The van der Waals surface area contributed by atoms with Crippen LogP contribution in [-0.4, -0.2) is 23.3 Å². The summed E-state index contributed by atoms with van der Waals surface area (Å²) in [7, 11) is 0. The Morgan fingerprint density at radius 2 is 1.55 bits per heavy atom. The van der Waals surface area contributed by atoms with Gasteiger partial charge < -0.3 is 10.2 Å². The molecule has 146 valence electrons. The number of hydrogen-bond donors (Lipinski definition) is 1. The van der Waals surface area contributed by atoms with Gasteiger partial charge in [-0.25, -0.2) is 0 Å². The number of carbonyl (C=O) groups is 2. The van der Waals surface area contributed by atoms with E-state index in [4.69, 9.17) is 0 Å². The molecule has 0 atom stereocenters. The van der Waals surface area contributed by atoms with Crippen LogP contribution >= 0.6 is 0 Å². The third kappa shape index (κ3) is 4.54. The van der Waals surface area contributed by atoms with Gasteiger partial charge in [-0.05, 0) is 35.2 Å². The third-order valence-corrected chi connectivity index (χ3v) is 5.28. The summed E-state index contributed by atoms with van der Waals surface area (Å²) < 4.78 is 0. The van der Waals surface area contributed by atoms with Gasteiger partial charge in [0, 0.05) is 25.1 Å². The van der Waals surface area contributed by atoms with Gasteiger partial charge in [-0.15, -0.1) is 0 Å². The molecule has 1 fully saturated rings. The topological polar surface area (TPSA) is 49.4 Å². The van der Waals surface area contributed by atoms with Crippen LogP contribution in [0.2, 0.25) is 0 Å². The maximum Gasteiger partial charge on any atom is 0.252 e. The Balaban J connectivity index is 1.55. The predicted octanol–water partition coefficient (Wildman–Crippen LogP) is 4.33. The maximum atomic E-state index is 13.1. The molecule has 1 N–H and O–H groups in total. The largest absolute Gasteiger partial charge is 0.341 e. The van der Waals surface area contributed by atoms with Gasteiger partial charge in [0.1, 0.15) is 0 Å². The van der Waals surface area contributed by atoms with Gasteiger partial charge in [0.15, 0.2) is 0 Å². The standard InChI is InChI=1S/C25H24N2O2/c28-23-15-8-16-27(23)18-19-9-7-14-22(17-19)25(29)26-24(20-10-3-1-4-11-20)21-12-5-2-6-13-21/h1-7,9-14,17,24H,8,15-16,18H2,(H,26,29). The highest BCUT2D eigenvalue weighted by Crippen LogP contribution is 2.23. The first-order valence-corrected chi connectivity index (χ1v) is 9.98. The van der Waals surface area contributed by atoms with Crippen LogP contribution in [0.15, 0.2) is 84.9 Å². The van der Waals surface area contributed by atoms with Crippen molar-refractivity contribution in [2.45, 2.75) is 25.4 Å². The summed E-state index contributed by atoms with van der Waals surface area (Å²) in [6.45, 7) is 1.35. The van der Waals surface area contributed by atoms with Gasteiger partial charge in [-0.2, -0.15) is 0 Å². The molecule has 0 radical (unpaired) electrons. The molecule has 0 saturated carbocycles. The van der Waals surface area contributed by atoms with Crippen molar-refractivity contribution in [2.24, 2.45) is 0 Å². The van der Waals surface area contributed by atoms with Crippen LogP contribution in [0.25, 0.3) is 0 Å². The van der Waals surface area contributed by atoms with Gasteiger partial charge in [0.05, 0.1) is 6.04 Å². The predicted molar refractivity (Wildman–Crippen MR) is 113 cm³/mol. The highest BCUT2D eigenvalue weighted by atomic mass is 16.2. The van der Waals surface area contributed by atoms with Crippen molar-refractivity contribution in [1.29, 1.82) is 0 Å². The Labute approximate surface area is 171 Å². The summed E-state index contributed by atoms with van der Waals surface area (Å²) in [5, 5.41) is 3.18. The second kappa shape index (κ2) is 8.74. The zero-order valence-electron chi connectivity index (χ0n) is 16.3. The summed E-state index contributed by atoms with van der Waals surface area (Å²) in [4.78, 5) is 26.8. The molecule has 1 aliphatic heterocycles. The third-order valence-electron chi connectivity index (χ3n) is 5.28. The Kier molecular flexibility index (Phi) is 5.71. The van der Waals surface area contributed by atoms with Crippen molar-refractivity contribution >= 4 is 11.8 Å². The fourth-order valence-corrected chi connectivity index (χ4v) is 3.77. The number of likely N-dealkylation sites (tertiary alicyclic amines) is 1. The molecule has 29 heavy (non-hydrogen) atoms. The minimum atomic E-state index is -0.228. The first-order chi connectivity index (χ1) is 14.2. The van der Waals surface area contributed by atoms with Crippen molar-refractivity contribution in [2.75, 3.05) is 6.54 Å². The Bertz CT molecular complexity index is 946. The van der Waals surface area contributed by atoms with Crippen LogP contribution in [0.1, 0.15) is 45.9 Å². The maximum absolute atomic E-state index is 13.1. The molecule has 2 amide bonds. The fraction of sp³-hybridized carbons (Fsp3) is 0.200. The first kappa shape index (κ1) is 18.9. The molecule has 0 aliphatic carbocycles. The van der Waals surface area contributed by atoms with Crippen LogP contribution in [0.5, 0.6) is 0 Å². The van der Waals surface area contributed by atoms with Crippen LogP contribution in [-0.2, 0) is 11.3 Å². The molecule has 0 aromatic heterocycles. The molecule has 0 bridgehead atoms. The molecule has 4 rings (SSSR count). The lowest BCUT2D eigenvalue weighted by atomic mass is 9.98. The van der Waals surface area contributed by atoms with Crippen LogP contribution in [0.3, 0.4) is 0 Å². The lowest BCUT2D eigenvalue weighted by Crippen LogP contribution is -2.29. The molecule has 0 spiro atoms. The van der Waals surface area contributed by atoms with Crippen LogP contribution in [0, 0.1) is 0 Å². The lowest BCUT2D eigenvalue weighted by molar-refractivity contribution is -0.128. The lowest BCUT2D eigenvalue weighted by Gasteiger charge is -2.20. The second-order valence-electron chi connectivity index (χ2n) is 7.35. The van der Waals surface area contributed by atoms with E-state index in [0.29, 0.717) is 18.5 Å². The summed E-state index contributed by atoms with van der Waals surface area (Å²) in [6, 6.07) is 27.2. The van der Waals surface area contributed by atoms with E-state index in [2.05, 4.69) is 5.32 Å². The zero-order valence-corrected chi connectivity index (χ0v) is 16.3. The van der Waals surface area contributed by atoms with Gasteiger partial charge in [-0.1, -0.05) is 72.8 Å². The average Bonchev–Trinajstić information content (AvgIpc) is 3.17. The van der Waals surface area contributed by atoms with E-state index in [0.717, 1.165) is 29.7 Å². The average molecular weight is 384 g/mol. The van der Waals surface area contributed by atoms with E-state index in [-0.39, 0.29) is 17.9 Å². The number of nitrogens with one attached hydrogen (secondary N) is 1. The minimum absolute atomic E-state index is 0.127. The van der Waals surface area contributed by atoms with Crippen molar-refractivity contribution in [3.63, 3.8) is 0 Å². The van der Waals surface area contributed by atoms with Crippen molar-refractivity contribution in [3.8, 4) is 0 Å². The molecule has 4 nitrogen and oxygen atoms in total. The van der Waals surface area contributed by atoms with E-state index in [1.165, 1.54) is 0 Å². The first-order valence-electron chi connectivity index (χ1n) is 9.98. The normalized spacial score (nSPS) is 13.7. The molecule has 3 aromatic rings. The Hall–Kier alpha value is -3.40. The minimum Gasteiger partial charge on any atom is -0.341 e. The van der Waals surface area contributed by atoms with E-state index in [9.17, 15) is 9.59 Å². The monoisotopic (exact) mass is 384 g/mol. The van der Waals surface area contributed by atoms with E-state index >= 15 is 0 Å². The molecule has 0 unspecified atom stereocenters. The van der Waals surface area contributed by atoms with Gasteiger partial charge >= 0.3 is 0 Å². The van der Waals surface area contributed by atoms with Crippen molar-refractivity contribution in [1.82, 2.24) is 10.2 Å². The molecular weight excluding hydrogens is 360 g/mol. The molecule has 1 saturated heterocycles. The molecule has 4 heteroatoms. The number of carbonyl (C=O) groups excluding carboxylic acids is 2. The summed E-state index contributed by atoms with van der Waals surface area (Å²) >= 11 is 0. The molecule has 1 heterocycles. The van der Waals surface area contributed by atoms with E-state index in [1.807, 2.05) is 89.8 Å². The van der Waals surface area contributed by atoms with E-state index in [1.54, 1.807) is 0 Å². The highest BCUT2D eigenvalue weighted by Gasteiger charge is 2.21. The van der Waals surface area contributed by atoms with Gasteiger partial charge in [0.2, 0.25) is 5.91 Å². The van der Waals surface area contributed by atoms with Crippen LogP contribution in [0.4, 0.5) is 0 Å². The smallest absolute Gasteiger partial charge is 0.252 e. The molecular formula is C25H24N2O2. The summed E-state index contributed by atoms with van der Waals surface area (Å²) in [5.74, 6) is 0.0605. The summed E-state index contributed by atoms with van der Waals surface area (Å²) in [5.41, 5.74) is 3.65. The number of hydrogen-bond acceptors (Lipinski definition) is 2. The van der Waals surface area contributed by atoms with Crippen molar-refractivity contribution < 1.29 is 9.59 Å². The number of amides is 2. The Morgan fingerprint density at radius 3 is 2.14 bits per heavy atom. The fourth-order valence-electron chi connectivity index (χ4n) is 3.77. The van der Waals surface area contributed by atoms with Crippen LogP contribution < -0.4 is 5.32 Å². The summed E-state index contributed by atoms with van der Waals surface area (Å²) in [6.07, 6.45) is 1.53. The molecule has 3 aromatic carbocycles. The molecule has 1 aliphatic rings. The number of nitrogens with zero attached hydrogens (tertiary/aromatic N) is 1. The van der Waals surface area contributed by atoms with Gasteiger partial charge in [0.25, 0.3) is 5.91 Å². The second-order valence-corrected chi connectivity index (χ2v) is 7.35. The zero-order chi connectivity index (χ0) is 20.1. The Morgan fingerprint density at radius 1 is 0.897 bits per heavy atom. The SMILES string of the molecule is O=C(NC(c1ccccc1)c1ccccc1)c1cccc(CN2CCCC2=O)c1.